The highest BCUT2D eigenvalue weighted by molar-refractivity contribution is 8.27. The number of carbonyl (C=O) groups is 1. The molecule has 0 saturated heterocycles. The number of hydrogen-bond acceptors (Lipinski definition) is 4. The van der Waals surface area contributed by atoms with Crippen LogP contribution in [0.5, 0.6) is 0 Å². The lowest BCUT2D eigenvalue weighted by atomic mass is 10.1. The van der Waals surface area contributed by atoms with Gasteiger partial charge in [0.05, 0.1) is 5.57 Å². The van der Waals surface area contributed by atoms with Crippen molar-refractivity contribution < 1.29 is 4.79 Å². The minimum absolute atomic E-state index is 0.0743. The van der Waals surface area contributed by atoms with Crippen LogP contribution in [0.3, 0.4) is 0 Å². The molecule has 2 aliphatic heterocycles. The Bertz CT molecular complexity index is 1140. The topological polar surface area (TPSA) is 73.8 Å². The molecule has 0 atom stereocenters. The van der Waals surface area contributed by atoms with Crippen LogP contribution in [0.2, 0.25) is 0 Å². The quantitative estimate of drug-likeness (QED) is 0.714. The van der Waals surface area contributed by atoms with Crippen LogP contribution in [0.1, 0.15) is 43.3 Å². The number of aryl methyl sites for hydroxylation is 2. The second-order valence-electron chi connectivity index (χ2n) is 7.79. The largest absolute Gasteiger partial charge is 0.318 e. The predicted octanol–water partition coefficient (Wildman–Crippen LogP) is 4.93. The molecule has 0 bridgehead atoms. The van der Waals surface area contributed by atoms with E-state index in [9.17, 15) is 4.79 Å². The zero-order valence-corrected chi connectivity index (χ0v) is 18.7. The molecule has 1 aromatic carbocycles. The monoisotopic (exact) mass is 419 g/mol. The number of aliphatic imine (C=N–C) groups is 1. The molecule has 0 radical (unpaired) electrons. The fourth-order valence-corrected chi connectivity index (χ4v) is 4.50. The summed E-state index contributed by atoms with van der Waals surface area (Å²) in [7, 11) is 0. The van der Waals surface area contributed by atoms with Crippen molar-refractivity contribution in [2.24, 2.45) is 16.0 Å². The van der Waals surface area contributed by atoms with Gasteiger partial charge in [0.2, 0.25) is 5.17 Å². The summed E-state index contributed by atoms with van der Waals surface area (Å²) in [4.78, 5) is 16.9. The number of hydrazone groups is 1. The van der Waals surface area contributed by atoms with E-state index in [1.54, 1.807) is 6.08 Å². The lowest BCUT2D eigenvalue weighted by Crippen LogP contribution is -2.35. The molecular formula is C23H25N5OS. The average molecular weight is 420 g/mol. The number of nitrogens with zero attached hydrogens (tertiary/aromatic N) is 4. The molecule has 0 spiro atoms. The summed E-state index contributed by atoms with van der Waals surface area (Å²) < 4.78 is 2.16. The van der Waals surface area contributed by atoms with Gasteiger partial charge in [-0.1, -0.05) is 32.9 Å². The van der Waals surface area contributed by atoms with Crippen LogP contribution >= 0.6 is 11.8 Å². The molecule has 0 fully saturated rings. The van der Waals surface area contributed by atoms with Crippen molar-refractivity contribution in [3.05, 3.63) is 58.4 Å². The van der Waals surface area contributed by atoms with Gasteiger partial charge < -0.3 is 4.57 Å². The molecule has 154 valence electrons. The molecule has 4 rings (SSSR count). The van der Waals surface area contributed by atoms with Crippen molar-refractivity contribution in [1.82, 2.24) is 9.58 Å². The SMILES string of the molecule is CCc1ccc(-n2c(C)cc(/C=C3\C(=N)N4N=C(C(C)C)SC4=NC3=O)c2C)cc1. The highest BCUT2D eigenvalue weighted by Crippen LogP contribution is 2.31. The first-order valence-electron chi connectivity index (χ1n) is 10.1. The van der Waals surface area contributed by atoms with Gasteiger partial charge in [-0.3, -0.25) is 10.2 Å². The molecule has 0 unspecified atom stereocenters. The number of amidine groups is 2. The van der Waals surface area contributed by atoms with Gasteiger partial charge >= 0.3 is 0 Å². The predicted molar refractivity (Wildman–Crippen MR) is 124 cm³/mol. The van der Waals surface area contributed by atoms with Gasteiger partial charge in [0.15, 0.2) is 5.84 Å². The summed E-state index contributed by atoms with van der Waals surface area (Å²) in [6.45, 7) is 10.3. The van der Waals surface area contributed by atoms with Crippen LogP contribution in [0.4, 0.5) is 0 Å². The fourth-order valence-electron chi connectivity index (χ4n) is 3.61. The van der Waals surface area contributed by atoms with Crippen molar-refractivity contribution in [3.63, 3.8) is 0 Å². The van der Waals surface area contributed by atoms with Gasteiger partial charge in [0, 0.05) is 23.0 Å². The number of nitrogens with one attached hydrogen (secondary N) is 1. The number of fused-ring (bicyclic) bond motifs is 1. The molecule has 1 aromatic heterocycles. The van der Waals surface area contributed by atoms with Gasteiger partial charge in [-0.15, -0.1) is 0 Å². The molecule has 0 aliphatic carbocycles. The van der Waals surface area contributed by atoms with Crippen LogP contribution in [-0.4, -0.2) is 31.5 Å². The van der Waals surface area contributed by atoms with Crippen molar-refractivity contribution in [1.29, 1.82) is 5.41 Å². The van der Waals surface area contributed by atoms with E-state index < -0.39 is 5.91 Å². The van der Waals surface area contributed by atoms with Crippen LogP contribution in [0.25, 0.3) is 11.8 Å². The Balaban J connectivity index is 1.72. The second kappa shape index (κ2) is 7.72. The van der Waals surface area contributed by atoms with Crippen molar-refractivity contribution in [2.45, 2.75) is 41.0 Å². The molecule has 3 heterocycles. The first-order valence-corrected chi connectivity index (χ1v) is 10.9. The van der Waals surface area contributed by atoms with E-state index in [-0.39, 0.29) is 17.3 Å². The van der Waals surface area contributed by atoms with E-state index in [1.807, 2.05) is 33.8 Å². The number of rotatable bonds is 4. The van der Waals surface area contributed by atoms with E-state index >= 15 is 0 Å². The Hall–Kier alpha value is -2.93. The molecule has 2 aromatic rings. The summed E-state index contributed by atoms with van der Waals surface area (Å²) in [6.07, 6.45) is 2.77. The average Bonchev–Trinajstić information content (AvgIpc) is 3.26. The fraction of sp³-hybridized carbons (Fsp3) is 0.304. The third-order valence-electron chi connectivity index (χ3n) is 5.34. The number of aromatic nitrogens is 1. The number of thioether (sulfide) groups is 1. The zero-order valence-electron chi connectivity index (χ0n) is 17.9. The van der Waals surface area contributed by atoms with Gasteiger partial charge in [-0.05, 0) is 67.4 Å². The smallest absolute Gasteiger partial charge is 0.283 e. The van der Waals surface area contributed by atoms with Crippen LogP contribution in [0, 0.1) is 25.2 Å². The van der Waals surface area contributed by atoms with E-state index in [0.717, 1.165) is 34.1 Å². The van der Waals surface area contributed by atoms with Gasteiger partial charge in [-0.25, -0.2) is 0 Å². The van der Waals surface area contributed by atoms with Crippen LogP contribution in [-0.2, 0) is 11.2 Å². The minimum atomic E-state index is -0.393. The Morgan fingerprint density at radius 1 is 1.20 bits per heavy atom. The summed E-state index contributed by atoms with van der Waals surface area (Å²) in [6, 6.07) is 10.5. The molecule has 1 N–H and O–H groups in total. The standard InChI is InChI=1S/C23H25N5OS/c1-6-16-7-9-18(10-8-16)27-14(4)11-17(15(27)5)12-19-20(24)28-23(25-21(19)29)30-22(26-28)13(2)3/h7-13,24H,6H2,1-5H3/b19-12+,24-20?. The number of hydrogen-bond donors (Lipinski definition) is 1. The van der Waals surface area contributed by atoms with E-state index in [2.05, 4.69) is 45.9 Å². The van der Waals surface area contributed by atoms with E-state index in [4.69, 9.17) is 5.41 Å². The highest BCUT2D eigenvalue weighted by atomic mass is 32.2. The molecule has 6 nitrogen and oxygen atoms in total. The lowest BCUT2D eigenvalue weighted by Gasteiger charge is -2.20. The third kappa shape index (κ3) is 3.43. The van der Waals surface area contributed by atoms with Crippen molar-refractivity contribution >= 4 is 39.8 Å². The van der Waals surface area contributed by atoms with E-state index in [0.29, 0.717) is 5.17 Å². The van der Waals surface area contributed by atoms with Crippen LogP contribution in [0.15, 0.2) is 46.0 Å². The highest BCUT2D eigenvalue weighted by Gasteiger charge is 2.36. The Morgan fingerprint density at radius 2 is 1.90 bits per heavy atom. The number of benzene rings is 1. The maximum absolute atomic E-state index is 12.7. The maximum atomic E-state index is 12.7. The van der Waals surface area contributed by atoms with Gasteiger partial charge in [-0.2, -0.15) is 15.1 Å². The first kappa shape index (κ1) is 20.3. The Labute approximate surface area is 180 Å². The molecule has 1 amide bonds. The Kier molecular flexibility index (Phi) is 5.24. The van der Waals surface area contributed by atoms with Crippen molar-refractivity contribution in [2.75, 3.05) is 0 Å². The molecular weight excluding hydrogens is 394 g/mol. The summed E-state index contributed by atoms with van der Waals surface area (Å²) in [5.41, 5.74) is 5.62. The molecule has 7 heteroatoms. The number of amides is 1. The van der Waals surface area contributed by atoms with Crippen molar-refractivity contribution in [3.8, 4) is 5.69 Å². The Morgan fingerprint density at radius 3 is 2.53 bits per heavy atom. The normalized spacial score (nSPS) is 17.7. The number of carbonyl (C=O) groups excluding carboxylic acids is 1. The second-order valence-corrected chi connectivity index (χ2v) is 8.78. The van der Waals surface area contributed by atoms with Gasteiger partial charge in [0.25, 0.3) is 5.91 Å². The summed E-state index contributed by atoms with van der Waals surface area (Å²) in [5, 5.41) is 15.8. The third-order valence-corrected chi connectivity index (χ3v) is 6.55. The molecule has 0 saturated carbocycles. The minimum Gasteiger partial charge on any atom is -0.318 e. The molecule has 30 heavy (non-hydrogen) atoms. The first-order chi connectivity index (χ1) is 14.3. The van der Waals surface area contributed by atoms with E-state index in [1.165, 1.54) is 22.3 Å². The summed E-state index contributed by atoms with van der Waals surface area (Å²) in [5.74, 6) is -0.0991. The van der Waals surface area contributed by atoms with Crippen LogP contribution < -0.4 is 0 Å². The maximum Gasteiger partial charge on any atom is 0.283 e. The van der Waals surface area contributed by atoms with Gasteiger partial charge in [0.1, 0.15) is 5.04 Å². The summed E-state index contributed by atoms with van der Waals surface area (Å²) >= 11 is 1.36. The lowest BCUT2D eigenvalue weighted by molar-refractivity contribution is -0.114. The zero-order chi connectivity index (χ0) is 21.6. The molecule has 2 aliphatic rings.